The number of amidine groups is 1. The lowest BCUT2D eigenvalue weighted by Gasteiger charge is -2.05. The molecule has 3 nitrogen and oxygen atoms in total. The number of aryl methyl sites for hydroxylation is 1. The molecule has 0 unspecified atom stereocenters. The van der Waals surface area contributed by atoms with Gasteiger partial charge in [0.05, 0.1) is 5.88 Å². The fourth-order valence-electron chi connectivity index (χ4n) is 1.04. The van der Waals surface area contributed by atoms with Crippen LogP contribution in [0, 0.1) is 6.92 Å². The predicted octanol–water partition coefficient (Wildman–Crippen LogP) is 2.69. The Kier molecular flexibility index (Phi) is 3.77. The second-order valence-electron chi connectivity index (χ2n) is 2.83. The van der Waals surface area contributed by atoms with Crippen LogP contribution in [-0.2, 0) is 0 Å². The third kappa shape index (κ3) is 2.62. The van der Waals surface area contributed by atoms with Crippen molar-refractivity contribution in [2.45, 2.75) is 6.92 Å². The Labute approximate surface area is 95.7 Å². The average Bonchev–Trinajstić information content (AvgIpc) is 2.10. The molecular formula is C9H10BrClN2O. The van der Waals surface area contributed by atoms with Crippen LogP contribution in [0.15, 0.2) is 21.6 Å². The summed E-state index contributed by atoms with van der Waals surface area (Å²) in [4.78, 5) is 4.01. The van der Waals surface area contributed by atoms with E-state index in [9.17, 15) is 5.11 Å². The van der Waals surface area contributed by atoms with Crippen LogP contribution in [0.5, 0.6) is 5.75 Å². The highest BCUT2D eigenvalue weighted by Gasteiger charge is 2.05. The Bertz CT molecular complexity index is 356. The van der Waals surface area contributed by atoms with Gasteiger partial charge in [0.2, 0.25) is 0 Å². The molecule has 76 valence electrons. The SMILES string of the molecule is Cc1cc(Br)cc(O)c1N=C(N)CCl. The molecule has 0 radical (unpaired) electrons. The maximum absolute atomic E-state index is 9.58. The van der Waals surface area contributed by atoms with E-state index in [1.165, 1.54) is 0 Å². The van der Waals surface area contributed by atoms with Crippen molar-refractivity contribution >= 4 is 39.1 Å². The molecule has 5 heteroatoms. The Morgan fingerprint density at radius 2 is 2.29 bits per heavy atom. The summed E-state index contributed by atoms with van der Waals surface area (Å²) < 4.78 is 0.802. The van der Waals surface area contributed by atoms with Crippen LogP contribution < -0.4 is 5.73 Å². The third-order valence-electron chi connectivity index (χ3n) is 1.64. The molecule has 0 saturated heterocycles. The number of rotatable bonds is 2. The smallest absolute Gasteiger partial charge is 0.142 e. The minimum Gasteiger partial charge on any atom is -0.506 e. The molecule has 0 aliphatic heterocycles. The molecule has 0 aliphatic carbocycles. The van der Waals surface area contributed by atoms with Gasteiger partial charge in [-0.25, -0.2) is 4.99 Å². The minimum absolute atomic E-state index is 0.0879. The highest BCUT2D eigenvalue weighted by Crippen LogP contribution is 2.33. The molecule has 0 spiro atoms. The first kappa shape index (κ1) is 11.3. The van der Waals surface area contributed by atoms with E-state index in [0.717, 1.165) is 10.0 Å². The van der Waals surface area contributed by atoms with Gasteiger partial charge in [0, 0.05) is 4.47 Å². The number of halogens is 2. The normalized spacial score (nSPS) is 11.8. The molecule has 0 aliphatic rings. The van der Waals surface area contributed by atoms with Gasteiger partial charge in [-0.1, -0.05) is 15.9 Å². The van der Waals surface area contributed by atoms with Crippen molar-refractivity contribution in [3.05, 3.63) is 22.2 Å². The lowest BCUT2D eigenvalue weighted by molar-refractivity contribution is 0.476. The summed E-state index contributed by atoms with van der Waals surface area (Å²) in [6, 6.07) is 3.41. The fourth-order valence-corrected chi connectivity index (χ4v) is 1.66. The summed E-state index contributed by atoms with van der Waals surface area (Å²) >= 11 is 8.76. The van der Waals surface area contributed by atoms with Crippen LogP contribution in [0.2, 0.25) is 0 Å². The van der Waals surface area contributed by atoms with Gasteiger partial charge >= 0.3 is 0 Å². The Hall–Kier alpha value is -0.740. The maximum Gasteiger partial charge on any atom is 0.142 e. The van der Waals surface area contributed by atoms with Crippen molar-refractivity contribution in [1.82, 2.24) is 0 Å². The van der Waals surface area contributed by atoms with Gasteiger partial charge in [0.25, 0.3) is 0 Å². The first-order valence-corrected chi connectivity index (χ1v) is 5.25. The molecule has 0 atom stereocenters. The summed E-state index contributed by atoms with van der Waals surface area (Å²) in [5.74, 6) is 0.520. The Morgan fingerprint density at radius 3 is 2.79 bits per heavy atom. The van der Waals surface area contributed by atoms with E-state index in [1.807, 2.05) is 13.0 Å². The second-order valence-corrected chi connectivity index (χ2v) is 4.01. The zero-order valence-electron chi connectivity index (χ0n) is 7.59. The number of nitrogens with two attached hydrogens (primary N) is 1. The molecule has 1 aromatic rings. The monoisotopic (exact) mass is 276 g/mol. The summed E-state index contributed by atoms with van der Waals surface area (Å²) in [7, 11) is 0. The minimum atomic E-state index is 0.0879. The van der Waals surface area contributed by atoms with Crippen molar-refractivity contribution in [1.29, 1.82) is 0 Å². The van der Waals surface area contributed by atoms with Crippen LogP contribution in [0.4, 0.5) is 5.69 Å². The van der Waals surface area contributed by atoms with E-state index >= 15 is 0 Å². The van der Waals surface area contributed by atoms with E-state index in [-0.39, 0.29) is 17.5 Å². The molecule has 1 aromatic carbocycles. The number of hydrogen-bond donors (Lipinski definition) is 2. The predicted molar refractivity (Wildman–Crippen MR) is 62.5 cm³/mol. The molecule has 0 bridgehead atoms. The zero-order chi connectivity index (χ0) is 10.7. The Morgan fingerprint density at radius 1 is 1.64 bits per heavy atom. The van der Waals surface area contributed by atoms with E-state index in [4.69, 9.17) is 17.3 Å². The third-order valence-corrected chi connectivity index (χ3v) is 2.37. The Balaban J connectivity index is 3.21. The van der Waals surface area contributed by atoms with Crippen molar-refractivity contribution in [2.75, 3.05) is 5.88 Å². The number of aliphatic imine (C=N–C) groups is 1. The fraction of sp³-hybridized carbons (Fsp3) is 0.222. The van der Waals surface area contributed by atoms with Crippen molar-refractivity contribution < 1.29 is 5.11 Å². The molecule has 0 saturated carbocycles. The summed E-state index contributed by atoms with van der Waals surface area (Å²) in [5.41, 5.74) is 6.78. The van der Waals surface area contributed by atoms with Crippen LogP contribution >= 0.6 is 27.5 Å². The standard InChI is InChI=1S/C9H10BrClN2O/c1-5-2-6(10)3-7(14)9(5)13-8(12)4-11/h2-3,14H,4H2,1H3,(H2,12,13). The number of benzene rings is 1. The quantitative estimate of drug-likeness (QED) is 0.496. The number of hydrogen-bond acceptors (Lipinski definition) is 2. The highest BCUT2D eigenvalue weighted by atomic mass is 79.9. The van der Waals surface area contributed by atoms with Gasteiger partial charge in [-0.15, -0.1) is 11.6 Å². The van der Waals surface area contributed by atoms with Crippen LogP contribution in [0.25, 0.3) is 0 Å². The van der Waals surface area contributed by atoms with E-state index < -0.39 is 0 Å². The molecular weight excluding hydrogens is 267 g/mol. The summed E-state index contributed by atoms with van der Waals surface area (Å²) in [5, 5.41) is 9.58. The number of phenolic OH excluding ortho intramolecular Hbond substituents is 1. The first-order valence-electron chi connectivity index (χ1n) is 3.92. The summed E-state index contributed by atoms with van der Waals surface area (Å²) in [6.07, 6.45) is 0. The van der Waals surface area contributed by atoms with Gasteiger partial charge in [0.1, 0.15) is 17.3 Å². The van der Waals surface area contributed by atoms with E-state index in [1.54, 1.807) is 6.07 Å². The van der Waals surface area contributed by atoms with Gasteiger partial charge in [-0.3, -0.25) is 0 Å². The van der Waals surface area contributed by atoms with E-state index in [2.05, 4.69) is 20.9 Å². The van der Waals surface area contributed by atoms with E-state index in [0.29, 0.717) is 5.69 Å². The second kappa shape index (κ2) is 4.66. The lowest BCUT2D eigenvalue weighted by Crippen LogP contribution is -2.12. The van der Waals surface area contributed by atoms with Gasteiger partial charge < -0.3 is 10.8 Å². The molecule has 1 rings (SSSR count). The van der Waals surface area contributed by atoms with Crippen LogP contribution in [0.3, 0.4) is 0 Å². The number of nitrogens with zero attached hydrogens (tertiary/aromatic N) is 1. The largest absolute Gasteiger partial charge is 0.506 e. The average molecular weight is 278 g/mol. The van der Waals surface area contributed by atoms with Crippen LogP contribution in [-0.4, -0.2) is 16.8 Å². The summed E-state index contributed by atoms with van der Waals surface area (Å²) in [6.45, 7) is 1.84. The van der Waals surface area contributed by atoms with Gasteiger partial charge in [0.15, 0.2) is 0 Å². The van der Waals surface area contributed by atoms with Crippen molar-refractivity contribution in [3.8, 4) is 5.75 Å². The molecule has 0 amide bonds. The van der Waals surface area contributed by atoms with Gasteiger partial charge in [-0.05, 0) is 24.6 Å². The first-order chi connectivity index (χ1) is 6.54. The topological polar surface area (TPSA) is 58.6 Å². The molecule has 14 heavy (non-hydrogen) atoms. The number of phenols is 1. The molecule has 0 fully saturated rings. The lowest BCUT2D eigenvalue weighted by atomic mass is 10.2. The van der Waals surface area contributed by atoms with Crippen molar-refractivity contribution in [3.63, 3.8) is 0 Å². The zero-order valence-corrected chi connectivity index (χ0v) is 9.93. The highest BCUT2D eigenvalue weighted by molar-refractivity contribution is 9.10. The van der Waals surface area contributed by atoms with Gasteiger partial charge in [-0.2, -0.15) is 0 Å². The number of alkyl halides is 1. The number of aromatic hydroxyl groups is 1. The molecule has 0 aromatic heterocycles. The molecule has 0 heterocycles. The molecule has 3 N–H and O–H groups in total. The maximum atomic E-state index is 9.58. The van der Waals surface area contributed by atoms with Crippen LogP contribution in [0.1, 0.15) is 5.56 Å². The van der Waals surface area contributed by atoms with Crippen molar-refractivity contribution in [2.24, 2.45) is 10.7 Å².